The summed E-state index contributed by atoms with van der Waals surface area (Å²) in [7, 11) is 0. The molecule has 0 spiro atoms. The number of amides is 1. The van der Waals surface area contributed by atoms with E-state index in [0.29, 0.717) is 18.5 Å². The average Bonchev–Trinajstić information content (AvgIpc) is 3.45. The summed E-state index contributed by atoms with van der Waals surface area (Å²) in [6.07, 6.45) is 2.47. The van der Waals surface area contributed by atoms with Gasteiger partial charge in [0.25, 0.3) is 0 Å². The molecule has 0 fully saturated rings. The molecule has 32 heavy (non-hydrogen) atoms. The third-order valence-electron chi connectivity index (χ3n) is 5.35. The Bertz CT molecular complexity index is 1160. The van der Waals surface area contributed by atoms with Crippen LogP contribution in [0.1, 0.15) is 32.0 Å². The van der Waals surface area contributed by atoms with Crippen molar-refractivity contribution in [2.24, 2.45) is 5.92 Å². The lowest BCUT2D eigenvalue weighted by Crippen LogP contribution is -2.32. The van der Waals surface area contributed by atoms with Gasteiger partial charge in [0.05, 0.1) is 12.5 Å². The molecule has 166 valence electrons. The van der Waals surface area contributed by atoms with E-state index in [4.69, 9.17) is 8.83 Å². The van der Waals surface area contributed by atoms with Crippen LogP contribution in [0.15, 0.2) is 69.4 Å². The molecular weight excluding hydrogens is 423 g/mol. The van der Waals surface area contributed by atoms with Gasteiger partial charge in [-0.2, -0.15) is 13.2 Å². The van der Waals surface area contributed by atoms with Crippen molar-refractivity contribution in [1.29, 1.82) is 0 Å². The van der Waals surface area contributed by atoms with E-state index in [2.05, 4.69) is 10.2 Å². The van der Waals surface area contributed by atoms with E-state index in [-0.39, 0.29) is 17.7 Å². The first-order chi connectivity index (χ1) is 15.2. The molecule has 1 amide bonds. The predicted molar refractivity (Wildman–Crippen MR) is 111 cm³/mol. The highest BCUT2D eigenvalue weighted by Gasteiger charge is 2.38. The summed E-state index contributed by atoms with van der Waals surface area (Å²) in [5, 5.41) is 6.61. The van der Waals surface area contributed by atoms with Crippen LogP contribution in [0, 0.1) is 5.92 Å². The highest BCUT2D eigenvalue weighted by Crippen LogP contribution is 2.34. The number of furan rings is 1. The molecule has 0 bridgehead atoms. The van der Waals surface area contributed by atoms with E-state index in [0.717, 1.165) is 22.4 Å². The lowest BCUT2D eigenvalue weighted by atomic mass is 9.88. The number of aromatic nitrogens is 2. The Kier molecular flexibility index (Phi) is 5.73. The SMILES string of the molecule is CC(=O)N(CC1=CC=C(c2nnc(C(F)(F)F)o2)CC1C)c1ccc(-c2ccoc2)cc1. The summed E-state index contributed by atoms with van der Waals surface area (Å²) >= 11 is 0. The Labute approximate surface area is 182 Å². The van der Waals surface area contributed by atoms with Gasteiger partial charge in [-0.05, 0) is 41.7 Å². The van der Waals surface area contributed by atoms with Crippen molar-refractivity contribution in [2.75, 3.05) is 11.4 Å². The summed E-state index contributed by atoms with van der Waals surface area (Å²) in [6, 6.07) is 9.44. The fourth-order valence-electron chi connectivity index (χ4n) is 3.57. The second-order valence-electron chi connectivity index (χ2n) is 7.61. The van der Waals surface area contributed by atoms with E-state index in [1.165, 1.54) is 6.92 Å². The summed E-state index contributed by atoms with van der Waals surface area (Å²) in [4.78, 5) is 14.0. The van der Waals surface area contributed by atoms with Crippen molar-refractivity contribution >= 4 is 17.2 Å². The van der Waals surface area contributed by atoms with Crippen LogP contribution in [0.3, 0.4) is 0 Å². The van der Waals surface area contributed by atoms with Crippen molar-refractivity contribution in [2.45, 2.75) is 26.4 Å². The lowest BCUT2D eigenvalue weighted by Gasteiger charge is -2.27. The molecule has 0 saturated heterocycles. The number of anilines is 1. The maximum atomic E-state index is 12.7. The van der Waals surface area contributed by atoms with Gasteiger partial charge in [0.1, 0.15) is 0 Å². The van der Waals surface area contributed by atoms with Crippen LogP contribution >= 0.6 is 0 Å². The van der Waals surface area contributed by atoms with Crippen molar-refractivity contribution in [3.63, 3.8) is 0 Å². The lowest BCUT2D eigenvalue weighted by molar-refractivity contribution is -0.157. The zero-order valence-electron chi connectivity index (χ0n) is 17.4. The minimum atomic E-state index is -4.68. The van der Waals surface area contributed by atoms with Gasteiger partial charge in [-0.15, -0.1) is 10.2 Å². The zero-order chi connectivity index (χ0) is 22.9. The summed E-state index contributed by atoms with van der Waals surface area (Å²) < 4.78 is 48.1. The summed E-state index contributed by atoms with van der Waals surface area (Å²) in [5.41, 5.74) is 4.17. The van der Waals surface area contributed by atoms with Crippen LogP contribution in [0.4, 0.5) is 18.9 Å². The smallest absolute Gasteiger partial charge is 0.470 e. The Morgan fingerprint density at radius 1 is 1.12 bits per heavy atom. The molecule has 0 radical (unpaired) electrons. The standard InChI is InChI=1S/C23H20F3N3O3/c1-14-11-17(21-27-28-22(32-21)23(24,25)26)3-4-18(14)12-29(15(2)30)20-7-5-16(6-8-20)19-9-10-31-13-19/h3-10,13-14H,11-12H2,1-2H3. The number of alkyl halides is 3. The first-order valence-electron chi connectivity index (χ1n) is 9.94. The summed E-state index contributed by atoms with van der Waals surface area (Å²) in [5.74, 6) is -1.64. The Morgan fingerprint density at radius 3 is 2.44 bits per heavy atom. The van der Waals surface area contributed by atoms with Gasteiger partial charge < -0.3 is 13.7 Å². The molecule has 2 aromatic heterocycles. The first-order valence-corrected chi connectivity index (χ1v) is 9.94. The van der Waals surface area contributed by atoms with Crippen LogP contribution < -0.4 is 4.90 Å². The molecule has 9 heteroatoms. The molecule has 1 aliphatic rings. The van der Waals surface area contributed by atoms with Crippen molar-refractivity contribution < 1.29 is 26.8 Å². The predicted octanol–water partition coefficient (Wildman–Crippen LogP) is 5.75. The molecule has 1 aromatic carbocycles. The fourth-order valence-corrected chi connectivity index (χ4v) is 3.57. The minimum absolute atomic E-state index is 0.0247. The topological polar surface area (TPSA) is 72.4 Å². The summed E-state index contributed by atoms with van der Waals surface area (Å²) in [6.45, 7) is 3.81. The average molecular weight is 443 g/mol. The third kappa shape index (κ3) is 4.51. The number of nitrogens with zero attached hydrogens (tertiary/aromatic N) is 3. The zero-order valence-corrected chi connectivity index (χ0v) is 17.4. The molecule has 4 rings (SSSR count). The molecule has 1 atom stereocenters. The maximum Gasteiger partial charge on any atom is 0.470 e. The van der Waals surface area contributed by atoms with E-state index < -0.39 is 12.1 Å². The van der Waals surface area contributed by atoms with Crippen molar-refractivity contribution in [3.8, 4) is 11.1 Å². The Morgan fingerprint density at radius 2 is 1.88 bits per heavy atom. The Balaban J connectivity index is 1.53. The molecule has 0 saturated carbocycles. The van der Waals surface area contributed by atoms with Crippen LogP contribution in [0.5, 0.6) is 0 Å². The van der Waals surface area contributed by atoms with Crippen LogP contribution in [0.25, 0.3) is 16.7 Å². The van der Waals surface area contributed by atoms with Crippen molar-refractivity contribution in [1.82, 2.24) is 10.2 Å². The molecule has 3 aromatic rings. The number of carbonyl (C=O) groups excluding carboxylic acids is 1. The van der Waals surface area contributed by atoms with E-state index in [9.17, 15) is 18.0 Å². The highest BCUT2D eigenvalue weighted by atomic mass is 19.4. The normalized spacial score (nSPS) is 16.5. The largest absolute Gasteiger partial charge is 0.472 e. The van der Waals surface area contributed by atoms with Gasteiger partial charge in [-0.25, -0.2) is 0 Å². The monoisotopic (exact) mass is 443 g/mol. The van der Waals surface area contributed by atoms with Gasteiger partial charge >= 0.3 is 12.1 Å². The van der Waals surface area contributed by atoms with Gasteiger partial charge in [0, 0.05) is 30.3 Å². The van der Waals surface area contributed by atoms with Gasteiger partial charge in [0.15, 0.2) is 0 Å². The number of allylic oxidation sites excluding steroid dienone is 3. The maximum absolute atomic E-state index is 12.7. The number of halogens is 3. The molecule has 0 N–H and O–H groups in total. The third-order valence-corrected chi connectivity index (χ3v) is 5.35. The Hall–Kier alpha value is -3.62. The quantitative estimate of drug-likeness (QED) is 0.502. The van der Waals surface area contributed by atoms with Gasteiger partial charge in [-0.3, -0.25) is 4.79 Å². The van der Waals surface area contributed by atoms with Crippen molar-refractivity contribution in [3.05, 3.63) is 72.4 Å². The van der Waals surface area contributed by atoms with E-state index >= 15 is 0 Å². The number of carbonyl (C=O) groups is 1. The van der Waals surface area contributed by atoms with Gasteiger partial charge in [0.2, 0.25) is 11.8 Å². The molecule has 0 aliphatic heterocycles. The highest BCUT2D eigenvalue weighted by molar-refractivity contribution is 5.92. The number of hydrogen-bond acceptors (Lipinski definition) is 5. The van der Waals surface area contributed by atoms with Crippen LogP contribution in [0.2, 0.25) is 0 Å². The van der Waals surface area contributed by atoms with Gasteiger partial charge in [-0.1, -0.05) is 31.2 Å². The molecule has 2 heterocycles. The molecular formula is C23H20F3N3O3. The minimum Gasteiger partial charge on any atom is -0.472 e. The van der Waals surface area contributed by atoms with Crippen LogP contribution in [-0.2, 0) is 11.0 Å². The second-order valence-corrected chi connectivity index (χ2v) is 7.61. The molecule has 6 nitrogen and oxygen atoms in total. The van der Waals surface area contributed by atoms with E-state index in [1.807, 2.05) is 37.3 Å². The van der Waals surface area contributed by atoms with E-state index in [1.54, 1.807) is 29.6 Å². The van der Waals surface area contributed by atoms with Crippen LogP contribution in [-0.4, -0.2) is 22.6 Å². The number of rotatable bonds is 5. The molecule has 1 aliphatic carbocycles. The molecule has 1 unspecified atom stereocenters. The number of hydrogen-bond donors (Lipinski definition) is 0. The number of benzene rings is 1. The second kappa shape index (κ2) is 8.49. The first kappa shape index (κ1) is 21.6. The fraction of sp³-hybridized carbons (Fsp3) is 0.261.